The maximum absolute atomic E-state index is 2.38. The number of imidazole rings is 1. The van der Waals surface area contributed by atoms with Crippen molar-refractivity contribution < 1.29 is 4.57 Å². The van der Waals surface area contributed by atoms with Gasteiger partial charge in [0.25, 0.3) is 0 Å². The summed E-state index contributed by atoms with van der Waals surface area (Å²) in [5.41, 5.74) is 0. The lowest BCUT2D eigenvalue weighted by molar-refractivity contribution is -0.696. The van der Waals surface area contributed by atoms with Crippen molar-refractivity contribution in [3.8, 4) is 0 Å². The van der Waals surface area contributed by atoms with Gasteiger partial charge in [0.1, 0.15) is 12.4 Å². The molecule has 0 N–H and O–H groups in total. The number of rotatable bonds is 20. The lowest BCUT2D eigenvalue weighted by atomic mass is 10.1. The maximum atomic E-state index is 2.38. The summed E-state index contributed by atoms with van der Waals surface area (Å²) < 4.78 is 4.76. The molecule has 0 saturated carbocycles. The molecule has 0 saturated heterocycles. The molecule has 1 rings (SSSR count). The van der Waals surface area contributed by atoms with Crippen molar-refractivity contribution in [1.29, 1.82) is 0 Å². The first-order chi connectivity index (χ1) is 13.4. The van der Waals surface area contributed by atoms with Crippen LogP contribution in [0.25, 0.3) is 0 Å². The first-order valence-electron chi connectivity index (χ1n) is 12.4. The van der Waals surface area contributed by atoms with Gasteiger partial charge in [0, 0.05) is 0 Å². The number of hydrogen-bond donors (Lipinski definition) is 0. The van der Waals surface area contributed by atoms with Crippen molar-refractivity contribution in [1.82, 2.24) is 4.57 Å². The van der Waals surface area contributed by atoms with Gasteiger partial charge in [-0.05, 0) is 25.7 Å². The SMILES string of the molecule is CCCCCCCCCCCCCn1cc[n+](CCCCCCCCC)c1. The van der Waals surface area contributed by atoms with Crippen molar-refractivity contribution in [2.75, 3.05) is 0 Å². The van der Waals surface area contributed by atoms with Gasteiger partial charge in [0.2, 0.25) is 6.33 Å². The van der Waals surface area contributed by atoms with E-state index in [1.54, 1.807) is 0 Å². The van der Waals surface area contributed by atoms with Crippen LogP contribution in [0.4, 0.5) is 0 Å². The monoisotopic (exact) mass is 377 g/mol. The summed E-state index contributed by atoms with van der Waals surface area (Å²) in [6, 6.07) is 0. The van der Waals surface area contributed by atoms with E-state index in [1.807, 2.05) is 0 Å². The lowest BCUT2D eigenvalue weighted by Gasteiger charge is -2.02. The molecule has 0 radical (unpaired) electrons. The van der Waals surface area contributed by atoms with E-state index in [9.17, 15) is 0 Å². The number of aromatic nitrogens is 2. The van der Waals surface area contributed by atoms with Gasteiger partial charge in [0.05, 0.1) is 13.1 Å². The van der Waals surface area contributed by atoms with Crippen LogP contribution in [-0.4, -0.2) is 4.57 Å². The molecule has 0 spiro atoms. The minimum atomic E-state index is 1.19. The van der Waals surface area contributed by atoms with E-state index in [2.05, 4.69) is 41.7 Å². The molecule has 158 valence electrons. The van der Waals surface area contributed by atoms with Crippen molar-refractivity contribution in [2.45, 2.75) is 143 Å². The Bertz CT molecular complexity index is 410. The standard InChI is InChI=1S/C25H49N2/c1-3-5-7-9-11-12-13-14-16-18-20-22-27-24-23-26(25-27)21-19-17-15-10-8-6-4-2/h23-25H,3-22H2,1-2H3/q+1. The lowest BCUT2D eigenvalue weighted by Crippen LogP contribution is -2.30. The third-order valence-electron chi connectivity index (χ3n) is 5.79. The molecule has 1 heterocycles. The molecule has 2 heteroatoms. The van der Waals surface area contributed by atoms with Crippen LogP contribution in [0.1, 0.15) is 129 Å². The Balaban J connectivity index is 1.89. The zero-order valence-corrected chi connectivity index (χ0v) is 18.8. The van der Waals surface area contributed by atoms with Gasteiger partial charge >= 0.3 is 0 Å². The van der Waals surface area contributed by atoms with Gasteiger partial charge in [-0.25, -0.2) is 9.13 Å². The zero-order chi connectivity index (χ0) is 19.4. The van der Waals surface area contributed by atoms with Crippen LogP contribution in [0, 0.1) is 0 Å². The molecule has 27 heavy (non-hydrogen) atoms. The van der Waals surface area contributed by atoms with E-state index >= 15 is 0 Å². The minimum Gasteiger partial charge on any atom is -0.237 e. The smallest absolute Gasteiger partial charge is 0.237 e. The Hall–Kier alpha value is -0.790. The molecule has 0 aromatic carbocycles. The zero-order valence-electron chi connectivity index (χ0n) is 18.8. The van der Waals surface area contributed by atoms with Gasteiger partial charge in [-0.15, -0.1) is 0 Å². The Kier molecular flexibility index (Phi) is 16.7. The van der Waals surface area contributed by atoms with E-state index in [0.717, 1.165) is 0 Å². The average Bonchev–Trinajstić information content (AvgIpc) is 3.13. The summed E-state index contributed by atoms with van der Waals surface area (Å²) in [5.74, 6) is 0. The van der Waals surface area contributed by atoms with Crippen LogP contribution in [0.2, 0.25) is 0 Å². The Labute approximate surface area is 170 Å². The van der Waals surface area contributed by atoms with Crippen molar-refractivity contribution in [3.05, 3.63) is 18.7 Å². The van der Waals surface area contributed by atoms with Gasteiger partial charge in [-0.1, -0.05) is 104 Å². The van der Waals surface area contributed by atoms with Gasteiger partial charge in [-0.3, -0.25) is 0 Å². The largest absolute Gasteiger partial charge is 0.243 e. The molecule has 2 nitrogen and oxygen atoms in total. The van der Waals surface area contributed by atoms with Gasteiger partial charge in [0.15, 0.2) is 0 Å². The second-order valence-electron chi connectivity index (χ2n) is 8.55. The number of hydrogen-bond acceptors (Lipinski definition) is 0. The predicted octanol–water partition coefficient (Wildman–Crippen LogP) is 7.84. The highest BCUT2D eigenvalue weighted by Crippen LogP contribution is 2.11. The molecule has 0 aliphatic carbocycles. The molecule has 0 atom stereocenters. The molecule has 0 amide bonds. The molecular weight excluding hydrogens is 328 g/mol. The molecule has 0 aliphatic heterocycles. The summed E-state index contributed by atoms with van der Waals surface area (Å²) in [4.78, 5) is 0. The Morgan fingerprint density at radius 3 is 1.52 bits per heavy atom. The molecule has 0 aliphatic rings. The molecule has 0 fully saturated rings. The second-order valence-corrected chi connectivity index (χ2v) is 8.55. The summed E-state index contributed by atoms with van der Waals surface area (Å²) in [7, 11) is 0. The molecule has 1 aromatic rings. The van der Waals surface area contributed by atoms with Crippen molar-refractivity contribution >= 4 is 0 Å². The number of unbranched alkanes of at least 4 members (excludes halogenated alkanes) is 16. The van der Waals surface area contributed by atoms with Crippen LogP contribution in [0.15, 0.2) is 18.7 Å². The topological polar surface area (TPSA) is 8.81 Å². The van der Waals surface area contributed by atoms with Crippen molar-refractivity contribution in [3.63, 3.8) is 0 Å². The van der Waals surface area contributed by atoms with E-state index in [1.165, 1.54) is 129 Å². The Morgan fingerprint density at radius 2 is 1.00 bits per heavy atom. The van der Waals surface area contributed by atoms with E-state index in [0.29, 0.717) is 0 Å². The maximum Gasteiger partial charge on any atom is 0.243 e. The molecule has 1 aromatic heterocycles. The third kappa shape index (κ3) is 14.9. The summed E-state index contributed by atoms with van der Waals surface area (Å²) in [6.45, 7) is 6.97. The van der Waals surface area contributed by atoms with Crippen LogP contribution in [0.3, 0.4) is 0 Å². The van der Waals surface area contributed by atoms with Crippen LogP contribution < -0.4 is 4.57 Å². The van der Waals surface area contributed by atoms with Crippen LogP contribution in [0.5, 0.6) is 0 Å². The fraction of sp³-hybridized carbons (Fsp3) is 0.880. The summed E-state index contributed by atoms with van der Waals surface area (Å²) in [6.07, 6.45) is 32.3. The summed E-state index contributed by atoms with van der Waals surface area (Å²) in [5, 5.41) is 0. The van der Waals surface area contributed by atoms with Gasteiger partial charge < -0.3 is 0 Å². The van der Waals surface area contributed by atoms with Crippen LogP contribution >= 0.6 is 0 Å². The number of aryl methyl sites for hydroxylation is 2. The van der Waals surface area contributed by atoms with Gasteiger partial charge in [-0.2, -0.15) is 0 Å². The fourth-order valence-corrected chi connectivity index (χ4v) is 3.91. The molecular formula is C25H49N2+. The first-order valence-corrected chi connectivity index (χ1v) is 12.4. The Morgan fingerprint density at radius 1 is 0.556 bits per heavy atom. The van der Waals surface area contributed by atoms with Crippen molar-refractivity contribution in [2.24, 2.45) is 0 Å². The highest BCUT2D eigenvalue weighted by Gasteiger charge is 2.03. The van der Waals surface area contributed by atoms with E-state index in [-0.39, 0.29) is 0 Å². The highest BCUT2D eigenvalue weighted by atomic mass is 15.1. The van der Waals surface area contributed by atoms with E-state index in [4.69, 9.17) is 0 Å². The normalized spacial score (nSPS) is 11.3. The fourth-order valence-electron chi connectivity index (χ4n) is 3.91. The quantitative estimate of drug-likeness (QED) is 0.162. The minimum absolute atomic E-state index is 1.19. The molecule has 0 unspecified atom stereocenters. The van der Waals surface area contributed by atoms with Crippen LogP contribution in [-0.2, 0) is 13.1 Å². The number of nitrogens with zero attached hydrogens (tertiary/aromatic N) is 2. The summed E-state index contributed by atoms with van der Waals surface area (Å²) >= 11 is 0. The predicted molar refractivity (Wildman–Crippen MR) is 119 cm³/mol. The third-order valence-corrected chi connectivity index (χ3v) is 5.79. The highest BCUT2D eigenvalue weighted by molar-refractivity contribution is 4.66. The van der Waals surface area contributed by atoms with E-state index < -0.39 is 0 Å². The molecule has 0 bridgehead atoms. The second kappa shape index (κ2) is 18.6. The first kappa shape index (κ1) is 24.2. The average molecular weight is 378 g/mol.